The topological polar surface area (TPSA) is 55.8 Å². The van der Waals surface area contributed by atoms with Crippen LogP contribution in [0.4, 0.5) is 10.5 Å². The van der Waals surface area contributed by atoms with Crippen molar-refractivity contribution < 1.29 is 19.1 Å². The summed E-state index contributed by atoms with van der Waals surface area (Å²) in [6.07, 6.45) is 1.67. The van der Waals surface area contributed by atoms with Crippen molar-refractivity contribution in [1.82, 2.24) is 0 Å². The quantitative estimate of drug-likeness (QED) is 0.198. The Morgan fingerprint density at radius 2 is 1.71 bits per heavy atom. The van der Waals surface area contributed by atoms with Crippen LogP contribution in [0, 0.1) is 3.57 Å². The van der Waals surface area contributed by atoms with Gasteiger partial charge in [-0.15, -0.1) is 0 Å². The maximum Gasteiger partial charge on any atom is 0.298 e. The van der Waals surface area contributed by atoms with Crippen LogP contribution >= 0.6 is 57.6 Å². The summed E-state index contributed by atoms with van der Waals surface area (Å²) in [4.78, 5) is 27.0. The zero-order valence-corrected chi connectivity index (χ0v) is 22.4. The van der Waals surface area contributed by atoms with Crippen LogP contribution in [0.25, 0.3) is 6.08 Å². The first kappa shape index (κ1) is 24.9. The van der Waals surface area contributed by atoms with Gasteiger partial charge in [0.15, 0.2) is 11.5 Å². The van der Waals surface area contributed by atoms with Crippen molar-refractivity contribution in [3.05, 3.63) is 90.3 Å². The highest BCUT2D eigenvalue weighted by molar-refractivity contribution is 14.1. The van der Waals surface area contributed by atoms with Crippen LogP contribution in [-0.2, 0) is 11.4 Å². The summed E-state index contributed by atoms with van der Waals surface area (Å²) >= 11 is 15.5. The highest BCUT2D eigenvalue weighted by atomic mass is 127. The molecule has 0 saturated carbocycles. The molecule has 0 unspecified atom stereocenters. The molecule has 1 saturated heterocycles. The molecule has 1 aliphatic rings. The molecule has 0 bridgehead atoms. The van der Waals surface area contributed by atoms with E-state index in [1.807, 2.05) is 37.3 Å². The third-order valence-electron chi connectivity index (χ3n) is 4.85. The highest BCUT2D eigenvalue weighted by Crippen LogP contribution is 2.40. The molecular formula is C25H18Cl2INO4S. The molecule has 9 heteroatoms. The lowest BCUT2D eigenvalue weighted by molar-refractivity contribution is -0.113. The second-order valence-electron chi connectivity index (χ2n) is 7.11. The smallest absolute Gasteiger partial charge is 0.298 e. The maximum atomic E-state index is 13.0. The molecule has 2 amide bonds. The van der Waals surface area contributed by atoms with E-state index in [-0.39, 0.29) is 6.61 Å². The van der Waals surface area contributed by atoms with Crippen molar-refractivity contribution in [1.29, 1.82) is 0 Å². The van der Waals surface area contributed by atoms with E-state index in [9.17, 15) is 9.59 Å². The molecule has 34 heavy (non-hydrogen) atoms. The zero-order chi connectivity index (χ0) is 24.2. The predicted molar refractivity (Wildman–Crippen MR) is 146 cm³/mol. The van der Waals surface area contributed by atoms with E-state index in [0.717, 1.165) is 25.8 Å². The van der Waals surface area contributed by atoms with Crippen molar-refractivity contribution >= 4 is 80.5 Å². The fourth-order valence-corrected chi connectivity index (χ4v) is 5.33. The van der Waals surface area contributed by atoms with Crippen LogP contribution in [0.15, 0.2) is 65.6 Å². The van der Waals surface area contributed by atoms with Crippen molar-refractivity contribution in [3.8, 4) is 11.5 Å². The molecule has 5 nitrogen and oxygen atoms in total. The fourth-order valence-electron chi connectivity index (χ4n) is 3.30. The monoisotopic (exact) mass is 625 g/mol. The van der Waals surface area contributed by atoms with E-state index < -0.39 is 11.1 Å². The minimum atomic E-state index is -0.421. The number of benzene rings is 3. The Morgan fingerprint density at radius 1 is 1.00 bits per heavy atom. The summed E-state index contributed by atoms with van der Waals surface area (Å²) in [5, 5.41) is 0.560. The number of para-hydroxylation sites is 1. The van der Waals surface area contributed by atoms with Gasteiger partial charge in [-0.05, 0) is 83.2 Å². The number of anilines is 1. The summed E-state index contributed by atoms with van der Waals surface area (Å²) in [7, 11) is 0. The number of rotatable bonds is 7. The van der Waals surface area contributed by atoms with Gasteiger partial charge in [-0.2, -0.15) is 0 Å². The number of ether oxygens (including phenoxy) is 2. The molecule has 4 rings (SSSR count). The molecular weight excluding hydrogens is 608 g/mol. The highest BCUT2D eigenvalue weighted by Gasteiger charge is 2.37. The Balaban J connectivity index is 1.62. The van der Waals surface area contributed by atoms with E-state index in [1.165, 1.54) is 0 Å². The molecule has 0 aromatic heterocycles. The molecule has 0 N–H and O–H groups in total. The van der Waals surface area contributed by atoms with Crippen LogP contribution in [0.5, 0.6) is 11.5 Å². The molecule has 1 aliphatic heterocycles. The largest absolute Gasteiger partial charge is 0.490 e. The van der Waals surface area contributed by atoms with Gasteiger partial charge in [0, 0.05) is 10.6 Å². The standard InChI is InChI=1S/C25H18Cl2INO4S/c1-2-32-21-12-15(11-19(28)23(21)33-14-16-7-3-4-8-17(16)26)13-22-24(30)29(25(31)34-22)20-10-6-5-9-18(20)27/h3-13H,2,14H2,1H3/b22-13-. The molecule has 3 aromatic rings. The third kappa shape index (κ3) is 5.38. The summed E-state index contributed by atoms with van der Waals surface area (Å²) < 4.78 is 12.7. The number of imide groups is 1. The lowest BCUT2D eigenvalue weighted by atomic mass is 10.1. The van der Waals surface area contributed by atoms with Gasteiger partial charge in [0.2, 0.25) is 0 Å². The Labute approximate surface area is 225 Å². The summed E-state index contributed by atoms with van der Waals surface area (Å²) in [5.41, 5.74) is 1.94. The Bertz CT molecular complexity index is 1300. The van der Waals surface area contributed by atoms with Gasteiger partial charge in [-0.1, -0.05) is 53.5 Å². The molecule has 0 spiro atoms. The predicted octanol–water partition coefficient (Wildman–Crippen LogP) is 7.82. The van der Waals surface area contributed by atoms with Gasteiger partial charge in [-0.3, -0.25) is 9.59 Å². The second-order valence-corrected chi connectivity index (χ2v) is 10.1. The van der Waals surface area contributed by atoms with Gasteiger partial charge in [0.1, 0.15) is 6.61 Å². The molecule has 0 atom stereocenters. The van der Waals surface area contributed by atoms with Crippen molar-refractivity contribution in [2.24, 2.45) is 0 Å². The number of halogens is 3. The van der Waals surface area contributed by atoms with Crippen LogP contribution in [0.3, 0.4) is 0 Å². The average Bonchev–Trinajstić information content (AvgIpc) is 3.07. The van der Waals surface area contributed by atoms with Gasteiger partial charge in [0.25, 0.3) is 11.1 Å². The van der Waals surface area contributed by atoms with E-state index in [2.05, 4.69) is 22.6 Å². The van der Waals surface area contributed by atoms with Crippen molar-refractivity contribution in [2.45, 2.75) is 13.5 Å². The first-order valence-electron chi connectivity index (χ1n) is 10.2. The van der Waals surface area contributed by atoms with E-state index >= 15 is 0 Å². The van der Waals surface area contributed by atoms with Crippen LogP contribution < -0.4 is 14.4 Å². The minimum absolute atomic E-state index is 0.284. The van der Waals surface area contributed by atoms with Crippen molar-refractivity contribution in [3.63, 3.8) is 0 Å². The fraction of sp³-hybridized carbons (Fsp3) is 0.120. The van der Waals surface area contributed by atoms with E-state index in [4.69, 9.17) is 32.7 Å². The van der Waals surface area contributed by atoms with Gasteiger partial charge >= 0.3 is 0 Å². The number of hydrogen-bond acceptors (Lipinski definition) is 5. The number of amides is 2. The molecule has 0 aliphatic carbocycles. The summed E-state index contributed by atoms with van der Waals surface area (Å²) in [6.45, 7) is 2.60. The number of thioether (sulfide) groups is 1. The first-order chi connectivity index (χ1) is 16.4. The molecule has 1 heterocycles. The number of hydrogen-bond donors (Lipinski definition) is 0. The lowest BCUT2D eigenvalue weighted by Gasteiger charge is -2.15. The van der Waals surface area contributed by atoms with Crippen LogP contribution in [-0.4, -0.2) is 17.8 Å². The van der Waals surface area contributed by atoms with Gasteiger partial charge in [-0.25, -0.2) is 4.90 Å². The second kappa shape index (κ2) is 11.0. The maximum absolute atomic E-state index is 13.0. The minimum Gasteiger partial charge on any atom is -0.490 e. The summed E-state index contributed by atoms with van der Waals surface area (Å²) in [6, 6.07) is 17.9. The average molecular weight is 626 g/mol. The third-order valence-corrected chi connectivity index (χ3v) is 7.21. The Kier molecular flexibility index (Phi) is 8.08. The van der Waals surface area contributed by atoms with Crippen molar-refractivity contribution in [2.75, 3.05) is 11.5 Å². The SMILES string of the molecule is CCOc1cc(/C=C2\SC(=O)N(c3ccccc3Cl)C2=O)cc(I)c1OCc1ccccc1Cl. The zero-order valence-electron chi connectivity index (χ0n) is 17.9. The van der Waals surface area contributed by atoms with Gasteiger partial charge < -0.3 is 9.47 Å². The van der Waals surface area contributed by atoms with Crippen LogP contribution in [0.1, 0.15) is 18.1 Å². The molecule has 0 radical (unpaired) electrons. The molecule has 174 valence electrons. The lowest BCUT2D eigenvalue weighted by Crippen LogP contribution is -2.27. The van der Waals surface area contributed by atoms with E-state index in [0.29, 0.717) is 44.3 Å². The molecule has 1 fully saturated rings. The van der Waals surface area contributed by atoms with E-state index in [1.54, 1.807) is 36.4 Å². The van der Waals surface area contributed by atoms with Crippen LogP contribution in [0.2, 0.25) is 10.0 Å². The number of nitrogens with zero attached hydrogens (tertiary/aromatic N) is 1. The number of carbonyl (C=O) groups excluding carboxylic acids is 2. The normalized spacial score (nSPS) is 14.7. The van der Waals surface area contributed by atoms with Gasteiger partial charge in [0.05, 0.1) is 25.8 Å². The number of carbonyl (C=O) groups is 2. The summed E-state index contributed by atoms with van der Waals surface area (Å²) in [5.74, 6) is 0.705. The molecule has 3 aromatic carbocycles. The first-order valence-corrected chi connectivity index (χ1v) is 12.9. The Morgan fingerprint density at radius 3 is 2.41 bits per heavy atom. The Hall–Kier alpha value is -2.20.